The van der Waals surface area contributed by atoms with Crippen LogP contribution in [0.1, 0.15) is 19.4 Å². The first kappa shape index (κ1) is 20.1. The molecule has 1 rings (SSSR count). The summed E-state index contributed by atoms with van der Waals surface area (Å²) in [5.74, 6) is -0.965. The number of benzene rings is 1. The van der Waals surface area contributed by atoms with Crippen LogP contribution >= 0.6 is 0 Å². The third-order valence-corrected chi connectivity index (χ3v) is 3.59. The molecule has 1 unspecified atom stereocenters. The minimum atomic E-state index is -0.771. The van der Waals surface area contributed by atoms with Gasteiger partial charge in [0.25, 0.3) is 5.91 Å². The Morgan fingerprint density at radius 3 is 2.40 bits per heavy atom. The summed E-state index contributed by atoms with van der Waals surface area (Å²) < 4.78 is 0. The summed E-state index contributed by atoms with van der Waals surface area (Å²) in [6, 6.07) is 7.61. The number of rotatable bonds is 7. The molecule has 0 aromatic heterocycles. The lowest BCUT2D eigenvalue weighted by Crippen LogP contribution is -2.52. The molecule has 7 nitrogen and oxygen atoms in total. The molecule has 1 N–H and O–H groups in total. The van der Waals surface area contributed by atoms with Crippen LogP contribution in [0, 0.1) is 0 Å². The smallest absolute Gasteiger partial charge is 0.327 e. The zero-order chi connectivity index (χ0) is 18.8. The van der Waals surface area contributed by atoms with Gasteiger partial charge in [0.05, 0.1) is 6.54 Å². The molecule has 0 saturated heterocycles. The number of imide groups is 1. The average molecular weight is 345 g/mol. The van der Waals surface area contributed by atoms with Gasteiger partial charge in [0.2, 0.25) is 5.91 Å². The van der Waals surface area contributed by atoms with Crippen molar-refractivity contribution in [2.45, 2.75) is 19.9 Å². The van der Waals surface area contributed by atoms with Crippen LogP contribution in [0.2, 0.25) is 0 Å². The molecule has 25 heavy (non-hydrogen) atoms. The Bertz CT molecular complexity index is 643. The second-order valence-corrected chi connectivity index (χ2v) is 5.32. The molecule has 134 valence electrons. The van der Waals surface area contributed by atoms with Gasteiger partial charge >= 0.3 is 6.03 Å². The molecule has 0 aliphatic rings. The van der Waals surface area contributed by atoms with Gasteiger partial charge in [-0.05, 0) is 25.5 Å². The van der Waals surface area contributed by atoms with Crippen LogP contribution in [0.15, 0.2) is 36.4 Å². The van der Waals surface area contributed by atoms with E-state index >= 15 is 0 Å². The number of hydrogen-bond acceptors (Lipinski definition) is 4. The van der Waals surface area contributed by atoms with Crippen molar-refractivity contribution < 1.29 is 19.2 Å². The second kappa shape index (κ2) is 10.0. The molecule has 0 saturated carbocycles. The number of amides is 4. The fourth-order valence-corrected chi connectivity index (χ4v) is 2.01. The van der Waals surface area contributed by atoms with Crippen LogP contribution in [-0.2, 0) is 14.4 Å². The van der Waals surface area contributed by atoms with Crippen LogP contribution in [0.3, 0.4) is 0 Å². The zero-order valence-corrected chi connectivity index (χ0v) is 14.6. The van der Waals surface area contributed by atoms with Crippen molar-refractivity contribution in [3.05, 3.63) is 42.0 Å². The van der Waals surface area contributed by atoms with E-state index in [9.17, 15) is 19.2 Å². The molecule has 4 amide bonds. The Morgan fingerprint density at radius 1 is 1.20 bits per heavy atom. The van der Waals surface area contributed by atoms with Gasteiger partial charge in [-0.2, -0.15) is 0 Å². The average Bonchev–Trinajstić information content (AvgIpc) is 2.63. The first-order valence-corrected chi connectivity index (χ1v) is 7.95. The van der Waals surface area contributed by atoms with Gasteiger partial charge in [0, 0.05) is 19.7 Å². The fraction of sp³-hybridized carbons (Fsp3) is 0.333. The van der Waals surface area contributed by atoms with Crippen molar-refractivity contribution in [2.75, 3.05) is 20.1 Å². The largest absolute Gasteiger partial charge is 0.355 e. The number of hydrogen-bond donors (Lipinski definition) is 1. The maximum Gasteiger partial charge on any atom is 0.327 e. The summed E-state index contributed by atoms with van der Waals surface area (Å²) in [6.07, 6.45) is 3.25. The first-order chi connectivity index (χ1) is 11.9. The number of nitrogens with zero attached hydrogens (tertiary/aromatic N) is 2. The highest BCUT2D eigenvalue weighted by Gasteiger charge is 2.28. The minimum absolute atomic E-state index is 0.336. The highest BCUT2D eigenvalue weighted by Crippen LogP contribution is 2.06. The van der Waals surface area contributed by atoms with Gasteiger partial charge in [-0.15, -0.1) is 0 Å². The lowest BCUT2D eigenvalue weighted by atomic mass is 10.2. The molecule has 7 heteroatoms. The SMILES string of the molecule is CCNC(=O)C(C)N(C)C(=O)N(CC=O)C(=O)/C=C/c1ccccc1. The van der Waals surface area contributed by atoms with E-state index in [2.05, 4.69) is 5.32 Å². The fourth-order valence-electron chi connectivity index (χ4n) is 2.01. The van der Waals surface area contributed by atoms with Crippen molar-refractivity contribution in [2.24, 2.45) is 0 Å². The van der Waals surface area contributed by atoms with Crippen molar-refractivity contribution in [3.63, 3.8) is 0 Å². The summed E-state index contributed by atoms with van der Waals surface area (Å²) in [7, 11) is 1.41. The molecule has 1 aromatic rings. The minimum Gasteiger partial charge on any atom is -0.355 e. The summed E-state index contributed by atoms with van der Waals surface area (Å²) in [5, 5.41) is 2.61. The van der Waals surface area contributed by atoms with Crippen LogP contribution < -0.4 is 5.32 Å². The van der Waals surface area contributed by atoms with E-state index in [1.165, 1.54) is 13.1 Å². The first-order valence-electron chi connectivity index (χ1n) is 7.95. The van der Waals surface area contributed by atoms with E-state index in [1.807, 2.05) is 18.2 Å². The van der Waals surface area contributed by atoms with Gasteiger partial charge in [-0.3, -0.25) is 14.5 Å². The van der Waals surface area contributed by atoms with Crippen LogP contribution in [-0.4, -0.2) is 60.1 Å². The summed E-state index contributed by atoms with van der Waals surface area (Å²) in [5.41, 5.74) is 0.790. The Hall–Kier alpha value is -2.96. The summed E-state index contributed by atoms with van der Waals surface area (Å²) in [6.45, 7) is 3.36. The van der Waals surface area contributed by atoms with Crippen LogP contribution in [0.5, 0.6) is 0 Å². The highest BCUT2D eigenvalue weighted by atomic mass is 16.2. The molecule has 0 aliphatic carbocycles. The van der Waals surface area contributed by atoms with Gasteiger partial charge in [-0.1, -0.05) is 30.3 Å². The number of aldehydes is 1. The lowest BCUT2D eigenvalue weighted by Gasteiger charge is -2.28. The number of nitrogens with one attached hydrogen (secondary N) is 1. The number of carbonyl (C=O) groups is 4. The van der Waals surface area contributed by atoms with E-state index in [-0.39, 0.29) is 12.5 Å². The molecule has 1 atom stereocenters. The number of carbonyl (C=O) groups excluding carboxylic acids is 4. The predicted molar refractivity (Wildman–Crippen MR) is 94.6 cm³/mol. The molecule has 1 aromatic carbocycles. The zero-order valence-electron chi connectivity index (χ0n) is 14.6. The van der Waals surface area contributed by atoms with Gasteiger partial charge in [-0.25, -0.2) is 4.79 Å². The molecule has 0 radical (unpaired) electrons. The molecule has 0 heterocycles. The Balaban J connectivity index is 2.88. The standard InChI is InChI=1S/C18H23N3O4/c1-4-19-17(24)14(2)20(3)18(25)21(12-13-22)16(23)11-10-15-8-6-5-7-9-15/h5-11,13-14H,4,12H2,1-3H3,(H,19,24)/b11-10+. The number of urea groups is 1. The van der Waals surface area contributed by atoms with Gasteiger partial charge in [0.1, 0.15) is 12.3 Å². The van der Waals surface area contributed by atoms with Crippen molar-refractivity contribution in [3.8, 4) is 0 Å². The van der Waals surface area contributed by atoms with Gasteiger partial charge in [0.15, 0.2) is 0 Å². The Labute approximate surface area is 147 Å². The van der Waals surface area contributed by atoms with Crippen LogP contribution in [0.4, 0.5) is 4.79 Å². The maximum absolute atomic E-state index is 12.5. The number of likely N-dealkylation sites (N-methyl/N-ethyl adjacent to an activating group) is 2. The van der Waals surface area contributed by atoms with Gasteiger partial charge < -0.3 is 15.0 Å². The third-order valence-electron chi connectivity index (χ3n) is 3.59. The van der Waals surface area contributed by atoms with E-state index in [0.717, 1.165) is 15.4 Å². The predicted octanol–water partition coefficient (Wildman–Crippen LogP) is 1.30. The molecule has 0 aliphatic heterocycles. The molecular formula is C18H23N3O4. The third kappa shape index (κ3) is 5.87. The van der Waals surface area contributed by atoms with E-state index < -0.39 is 18.0 Å². The highest BCUT2D eigenvalue weighted by molar-refractivity contribution is 6.04. The monoisotopic (exact) mass is 345 g/mol. The van der Waals surface area contributed by atoms with E-state index in [1.54, 1.807) is 32.1 Å². The maximum atomic E-state index is 12.5. The molecule has 0 bridgehead atoms. The molecule has 0 spiro atoms. The van der Waals surface area contributed by atoms with Crippen molar-refractivity contribution >= 4 is 30.2 Å². The molecule has 0 fully saturated rings. The second-order valence-electron chi connectivity index (χ2n) is 5.32. The lowest BCUT2D eigenvalue weighted by molar-refractivity contribution is -0.128. The Kier molecular flexibility index (Phi) is 8.05. The van der Waals surface area contributed by atoms with Crippen molar-refractivity contribution in [1.82, 2.24) is 15.1 Å². The van der Waals surface area contributed by atoms with Crippen molar-refractivity contribution in [1.29, 1.82) is 0 Å². The van der Waals surface area contributed by atoms with E-state index in [4.69, 9.17) is 0 Å². The molecular weight excluding hydrogens is 322 g/mol. The topological polar surface area (TPSA) is 86.8 Å². The summed E-state index contributed by atoms with van der Waals surface area (Å²) >= 11 is 0. The van der Waals surface area contributed by atoms with E-state index in [0.29, 0.717) is 12.8 Å². The summed E-state index contributed by atoms with van der Waals surface area (Å²) in [4.78, 5) is 49.4. The quantitative estimate of drug-likeness (QED) is 0.596. The van der Waals surface area contributed by atoms with Crippen LogP contribution in [0.25, 0.3) is 6.08 Å². The normalized spacial score (nSPS) is 11.6. The Morgan fingerprint density at radius 2 is 1.84 bits per heavy atom.